The van der Waals surface area contributed by atoms with Gasteiger partial charge in [0.25, 0.3) is 0 Å². The summed E-state index contributed by atoms with van der Waals surface area (Å²) >= 11 is 0. The van der Waals surface area contributed by atoms with Crippen molar-refractivity contribution in [2.75, 3.05) is 0 Å². The standard InChI is InChI=1S/Gd.2H2O3Si/c;2*1-4(2)3/h;2*1-2H. The van der Waals surface area contributed by atoms with Crippen molar-refractivity contribution in [2.45, 2.75) is 0 Å². The molecule has 0 amide bonds. The second-order valence-electron chi connectivity index (χ2n) is 0.565. The van der Waals surface area contributed by atoms with E-state index in [4.69, 9.17) is 28.1 Å². The van der Waals surface area contributed by atoms with Crippen molar-refractivity contribution in [3.05, 3.63) is 0 Å². The average Bonchev–Trinajstić information content (AvgIpc) is 1.25. The Kier molecular flexibility index (Phi) is 20.6. The molecular weight excluding hydrogens is 309 g/mol. The van der Waals surface area contributed by atoms with E-state index in [1.807, 2.05) is 0 Å². The van der Waals surface area contributed by atoms with Crippen molar-refractivity contribution >= 4 is 18.3 Å². The molecule has 0 fully saturated rings. The van der Waals surface area contributed by atoms with Crippen LogP contribution in [-0.4, -0.2) is 37.5 Å². The van der Waals surface area contributed by atoms with Crippen LogP contribution in [0.5, 0.6) is 0 Å². The summed E-state index contributed by atoms with van der Waals surface area (Å²) < 4.78 is 17.5. The van der Waals surface area contributed by atoms with Gasteiger partial charge in [0.15, 0.2) is 0 Å². The molecule has 56 valence electrons. The largest absolute Gasteiger partial charge is 0.761 e. The van der Waals surface area contributed by atoms with E-state index in [2.05, 4.69) is 0 Å². The minimum atomic E-state index is -3.13. The number of rotatable bonds is 0. The Morgan fingerprint density at radius 3 is 0.778 bits per heavy atom. The average molecular weight is 313 g/mol. The van der Waals surface area contributed by atoms with E-state index in [0.29, 0.717) is 0 Å². The molecule has 0 aliphatic carbocycles. The van der Waals surface area contributed by atoms with Crippen molar-refractivity contribution in [1.29, 1.82) is 0 Å². The molecule has 0 atom stereocenters. The van der Waals surface area contributed by atoms with Crippen molar-refractivity contribution in [3.8, 4) is 0 Å². The molecule has 0 saturated carbocycles. The van der Waals surface area contributed by atoms with Gasteiger partial charge in [-0.3, -0.25) is 8.92 Å². The molecule has 6 nitrogen and oxygen atoms in total. The summed E-state index contributed by atoms with van der Waals surface area (Å²) in [6.07, 6.45) is 0. The fraction of sp³-hybridized carbons (Fsp3) is 0. The first-order valence-corrected chi connectivity index (χ1v) is 3.91. The summed E-state index contributed by atoms with van der Waals surface area (Å²) in [5.41, 5.74) is 0. The molecule has 0 spiro atoms. The van der Waals surface area contributed by atoms with E-state index in [0.717, 1.165) is 0 Å². The molecule has 0 heterocycles. The molecule has 9 heteroatoms. The molecule has 0 saturated heterocycles. The predicted octanol–water partition coefficient (Wildman–Crippen LogP) is -3.23. The summed E-state index contributed by atoms with van der Waals surface area (Å²) in [5, 5.41) is 0. The summed E-state index contributed by atoms with van der Waals surface area (Å²) in [5.74, 6) is 0. The third kappa shape index (κ3) is 1180. The summed E-state index contributed by atoms with van der Waals surface area (Å²) in [7, 11) is -6.26. The van der Waals surface area contributed by atoms with Crippen LogP contribution >= 0.6 is 0 Å². The van der Waals surface area contributed by atoms with Gasteiger partial charge in [-0.15, -0.1) is 0 Å². The van der Waals surface area contributed by atoms with E-state index in [9.17, 15) is 0 Å². The molecule has 9 heavy (non-hydrogen) atoms. The Balaban J connectivity index is -0.0000000720. The Hall–Kier alpha value is 0.558. The molecule has 0 aliphatic rings. The van der Waals surface area contributed by atoms with Gasteiger partial charge in [0, 0.05) is 39.9 Å². The monoisotopic (exact) mass is 314 g/mol. The third-order valence-electron chi connectivity index (χ3n) is 0. The van der Waals surface area contributed by atoms with Gasteiger partial charge in [-0.2, -0.15) is 0 Å². The van der Waals surface area contributed by atoms with Crippen molar-refractivity contribution in [1.82, 2.24) is 0 Å². The van der Waals surface area contributed by atoms with Crippen molar-refractivity contribution < 1.29 is 68.0 Å². The Morgan fingerprint density at radius 1 is 0.778 bits per heavy atom. The molecule has 0 bridgehead atoms. The van der Waals surface area contributed by atoms with Crippen LogP contribution in [0.3, 0.4) is 0 Å². The second kappa shape index (κ2) is 11.4. The Labute approximate surface area is 85.6 Å². The molecule has 0 rings (SSSR count). The van der Waals surface area contributed by atoms with Crippen LogP contribution in [0.4, 0.5) is 0 Å². The first kappa shape index (κ1) is 16.3. The summed E-state index contributed by atoms with van der Waals surface area (Å²) in [6, 6.07) is 0. The van der Waals surface area contributed by atoms with Gasteiger partial charge >= 0.3 is 18.3 Å². The fourth-order valence-electron chi connectivity index (χ4n) is 0. The first-order chi connectivity index (χ1) is 3.46. The van der Waals surface area contributed by atoms with Gasteiger partial charge in [0.05, 0.1) is 0 Å². The quantitative estimate of drug-likeness (QED) is 0.350. The van der Waals surface area contributed by atoms with E-state index >= 15 is 0 Å². The van der Waals surface area contributed by atoms with Gasteiger partial charge in [-0.05, 0) is 0 Å². The molecule has 0 aromatic heterocycles. The summed E-state index contributed by atoms with van der Waals surface area (Å²) in [6.45, 7) is 0. The normalized spacial score (nSPS) is 5.33. The van der Waals surface area contributed by atoms with Crippen molar-refractivity contribution in [2.24, 2.45) is 0 Å². The maximum atomic E-state index is 8.74. The molecular formula is H4GdO6Si2. The van der Waals surface area contributed by atoms with Gasteiger partial charge in [0.2, 0.25) is 0 Å². The molecule has 0 unspecified atom stereocenters. The first-order valence-electron chi connectivity index (χ1n) is 1.30. The number of hydrogen-bond acceptors (Lipinski definition) is 2. The maximum Gasteiger partial charge on any atom is 0.761 e. The van der Waals surface area contributed by atoms with E-state index < -0.39 is 18.3 Å². The minimum Gasteiger partial charge on any atom is -0.511 e. The van der Waals surface area contributed by atoms with Gasteiger partial charge in [-0.25, -0.2) is 0 Å². The molecule has 0 aromatic rings. The summed E-state index contributed by atoms with van der Waals surface area (Å²) in [4.78, 5) is 28.6. The van der Waals surface area contributed by atoms with E-state index in [1.54, 1.807) is 0 Å². The minimum absolute atomic E-state index is 0. The molecule has 0 aliphatic heterocycles. The van der Waals surface area contributed by atoms with Gasteiger partial charge in [0.1, 0.15) is 0 Å². The smallest absolute Gasteiger partial charge is 0.511 e. The van der Waals surface area contributed by atoms with Gasteiger partial charge < -0.3 is 19.2 Å². The third-order valence-corrected chi connectivity index (χ3v) is 0. The molecule has 0 radical (unpaired) electrons. The molecule has 0 aromatic carbocycles. The molecule has 4 N–H and O–H groups in total. The fourth-order valence-corrected chi connectivity index (χ4v) is 0. The van der Waals surface area contributed by atoms with E-state index in [-0.39, 0.29) is 39.9 Å². The van der Waals surface area contributed by atoms with Crippen LogP contribution in [0.15, 0.2) is 0 Å². The van der Waals surface area contributed by atoms with Crippen LogP contribution in [0.25, 0.3) is 0 Å². The Bertz CT molecular complexity index is 69.1. The maximum absolute atomic E-state index is 8.74. The van der Waals surface area contributed by atoms with Gasteiger partial charge in [-0.1, -0.05) is 0 Å². The zero-order valence-corrected chi connectivity index (χ0v) is 8.23. The SMILES string of the molecule is O=[Si](O)O.O=[Si](O)O.[Gd]. The van der Waals surface area contributed by atoms with E-state index in [1.165, 1.54) is 0 Å². The van der Waals surface area contributed by atoms with Crippen LogP contribution in [0, 0.1) is 39.9 Å². The number of hydrogen-bond donors (Lipinski definition) is 4. The topological polar surface area (TPSA) is 115 Å². The predicted molar refractivity (Wildman–Crippen MR) is 21.8 cm³/mol. The zero-order chi connectivity index (χ0) is 7.15. The Morgan fingerprint density at radius 2 is 0.778 bits per heavy atom. The second-order valence-corrected chi connectivity index (χ2v) is 1.70. The van der Waals surface area contributed by atoms with Crippen LogP contribution in [0.1, 0.15) is 0 Å². The van der Waals surface area contributed by atoms with Crippen LogP contribution in [-0.2, 0) is 8.92 Å². The van der Waals surface area contributed by atoms with Crippen molar-refractivity contribution in [3.63, 3.8) is 0 Å². The van der Waals surface area contributed by atoms with Crippen LogP contribution in [0.2, 0.25) is 0 Å². The zero-order valence-electron chi connectivity index (χ0n) is 3.96. The van der Waals surface area contributed by atoms with Crippen LogP contribution < -0.4 is 0 Å².